The molecule has 2 aliphatic heterocycles. The molecule has 0 bridgehead atoms. The lowest BCUT2D eigenvalue weighted by molar-refractivity contribution is 0.102. The van der Waals surface area contributed by atoms with Gasteiger partial charge in [-0.1, -0.05) is 0 Å². The molecule has 2 saturated heterocycles. The van der Waals surface area contributed by atoms with E-state index in [0.29, 0.717) is 5.69 Å². The molecule has 4 nitrogen and oxygen atoms in total. The van der Waals surface area contributed by atoms with Crippen molar-refractivity contribution < 1.29 is 0 Å². The summed E-state index contributed by atoms with van der Waals surface area (Å²) >= 11 is 0. The van der Waals surface area contributed by atoms with Gasteiger partial charge in [-0.2, -0.15) is 5.26 Å². The minimum atomic E-state index is 0.514. The van der Waals surface area contributed by atoms with E-state index in [9.17, 15) is 0 Å². The number of nitrogens with zero attached hydrogens (tertiary/aromatic N) is 4. The number of pyridine rings is 1. The highest BCUT2D eigenvalue weighted by Crippen LogP contribution is 2.31. The molecule has 0 aliphatic carbocycles. The van der Waals surface area contributed by atoms with Gasteiger partial charge in [0.25, 0.3) is 0 Å². The average Bonchev–Trinajstić information content (AvgIpc) is 2.47. The van der Waals surface area contributed by atoms with E-state index in [2.05, 4.69) is 27.9 Å². The third-order valence-corrected chi connectivity index (χ3v) is 4.57. The summed E-state index contributed by atoms with van der Waals surface area (Å²) in [7, 11) is 2.26. The fourth-order valence-corrected chi connectivity index (χ4v) is 3.56. The molecule has 0 N–H and O–H groups in total. The maximum atomic E-state index is 8.94. The van der Waals surface area contributed by atoms with E-state index in [0.717, 1.165) is 30.7 Å². The largest absolute Gasteiger partial charge is 0.371 e. The molecule has 3 rings (SSSR count). The van der Waals surface area contributed by atoms with Crippen LogP contribution in [-0.2, 0) is 0 Å². The standard InChI is InChI=1S/C15H20N4/c1-18-7-2-3-12-11-19(8-5-15(12)18)14-4-6-17-13(9-14)10-16/h4,6,9,12,15H,2-3,5,7-8,11H2,1H3. The highest BCUT2D eigenvalue weighted by Gasteiger charge is 2.34. The molecule has 2 atom stereocenters. The molecule has 0 spiro atoms. The van der Waals surface area contributed by atoms with Gasteiger partial charge >= 0.3 is 0 Å². The van der Waals surface area contributed by atoms with Crippen LogP contribution < -0.4 is 4.90 Å². The molecule has 3 heterocycles. The lowest BCUT2D eigenvalue weighted by atomic mass is 9.84. The van der Waals surface area contributed by atoms with Crippen LogP contribution in [0.2, 0.25) is 0 Å². The number of fused-ring (bicyclic) bond motifs is 1. The Morgan fingerprint density at radius 3 is 3.11 bits per heavy atom. The summed E-state index contributed by atoms with van der Waals surface area (Å²) in [6.45, 7) is 3.44. The van der Waals surface area contributed by atoms with Crippen LogP contribution in [0.15, 0.2) is 18.3 Å². The maximum absolute atomic E-state index is 8.94. The van der Waals surface area contributed by atoms with Crippen LogP contribution in [-0.4, -0.2) is 42.6 Å². The smallest absolute Gasteiger partial charge is 0.142 e. The van der Waals surface area contributed by atoms with Gasteiger partial charge in [-0.15, -0.1) is 0 Å². The lowest BCUT2D eigenvalue weighted by Crippen LogP contribution is -2.52. The highest BCUT2D eigenvalue weighted by atomic mass is 15.2. The van der Waals surface area contributed by atoms with Crippen LogP contribution in [0.25, 0.3) is 0 Å². The number of hydrogen-bond donors (Lipinski definition) is 0. The Labute approximate surface area is 114 Å². The highest BCUT2D eigenvalue weighted by molar-refractivity contribution is 5.49. The molecule has 2 unspecified atom stereocenters. The molecular weight excluding hydrogens is 236 g/mol. The molecule has 4 heteroatoms. The zero-order chi connectivity index (χ0) is 13.2. The SMILES string of the molecule is CN1CCCC2CN(c3ccnc(C#N)c3)CCC21. The Morgan fingerprint density at radius 1 is 1.37 bits per heavy atom. The third kappa shape index (κ3) is 2.43. The monoisotopic (exact) mass is 256 g/mol. The lowest BCUT2D eigenvalue weighted by Gasteiger charge is -2.46. The first-order valence-corrected chi connectivity index (χ1v) is 7.09. The Morgan fingerprint density at radius 2 is 2.26 bits per heavy atom. The summed E-state index contributed by atoms with van der Waals surface area (Å²) < 4.78 is 0. The number of aromatic nitrogens is 1. The summed E-state index contributed by atoms with van der Waals surface area (Å²) in [6.07, 6.45) is 5.62. The second kappa shape index (κ2) is 5.18. The first-order chi connectivity index (χ1) is 9.28. The van der Waals surface area contributed by atoms with Crippen molar-refractivity contribution >= 4 is 5.69 Å². The Balaban J connectivity index is 1.75. The van der Waals surface area contributed by atoms with Crippen LogP contribution in [0.1, 0.15) is 25.0 Å². The van der Waals surface area contributed by atoms with E-state index < -0.39 is 0 Å². The molecule has 0 saturated carbocycles. The fraction of sp³-hybridized carbons (Fsp3) is 0.600. The van der Waals surface area contributed by atoms with Gasteiger partial charge in [0.15, 0.2) is 0 Å². The third-order valence-electron chi connectivity index (χ3n) is 4.57. The molecular formula is C15H20N4. The van der Waals surface area contributed by atoms with Crippen molar-refractivity contribution in [3.05, 3.63) is 24.0 Å². The van der Waals surface area contributed by atoms with Crippen LogP contribution in [0.3, 0.4) is 0 Å². The second-order valence-corrected chi connectivity index (χ2v) is 5.70. The molecule has 100 valence electrons. The van der Waals surface area contributed by atoms with Crippen LogP contribution in [0.5, 0.6) is 0 Å². The molecule has 1 aromatic rings. The average molecular weight is 256 g/mol. The summed E-state index contributed by atoms with van der Waals surface area (Å²) in [6, 6.07) is 6.81. The first-order valence-electron chi connectivity index (χ1n) is 7.09. The fourth-order valence-electron chi connectivity index (χ4n) is 3.56. The molecule has 0 aromatic carbocycles. The van der Waals surface area contributed by atoms with Gasteiger partial charge in [0.2, 0.25) is 0 Å². The Bertz CT molecular complexity index is 493. The molecule has 2 aliphatic rings. The summed E-state index contributed by atoms with van der Waals surface area (Å²) in [5, 5.41) is 8.94. The van der Waals surface area contributed by atoms with Gasteiger partial charge < -0.3 is 9.80 Å². The second-order valence-electron chi connectivity index (χ2n) is 5.70. The van der Waals surface area contributed by atoms with Crippen molar-refractivity contribution in [3.63, 3.8) is 0 Å². The number of piperidine rings is 2. The Kier molecular flexibility index (Phi) is 3.39. The first kappa shape index (κ1) is 12.4. The van der Waals surface area contributed by atoms with E-state index >= 15 is 0 Å². The van der Waals surface area contributed by atoms with Crippen LogP contribution in [0.4, 0.5) is 5.69 Å². The van der Waals surface area contributed by atoms with Crippen molar-refractivity contribution in [1.82, 2.24) is 9.88 Å². The minimum absolute atomic E-state index is 0.514. The van der Waals surface area contributed by atoms with Crippen molar-refractivity contribution in [2.45, 2.75) is 25.3 Å². The molecule has 19 heavy (non-hydrogen) atoms. The number of anilines is 1. The van der Waals surface area contributed by atoms with Crippen molar-refractivity contribution in [1.29, 1.82) is 5.26 Å². The minimum Gasteiger partial charge on any atom is -0.371 e. The van der Waals surface area contributed by atoms with Gasteiger partial charge in [0.1, 0.15) is 11.8 Å². The summed E-state index contributed by atoms with van der Waals surface area (Å²) in [5.41, 5.74) is 1.67. The number of hydrogen-bond acceptors (Lipinski definition) is 4. The summed E-state index contributed by atoms with van der Waals surface area (Å²) in [5.74, 6) is 0.770. The van der Waals surface area contributed by atoms with Gasteiger partial charge in [-0.25, -0.2) is 4.98 Å². The zero-order valence-electron chi connectivity index (χ0n) is 11.4. The van der Waals surface area contributed by atoms with Gasteiger partial charge in [0.05, 0.1) is 0 Å². The van der Waals surface area contributed by atoms with Crippen molar-refractivity contribution in [3.8, 4) is 6.07 Å². The van der Waals surface area contributed by atoms with E-state index in [1.807, 2.05) is 12.1 Å². The Hall–Kier alpha value is -1.60. The molecule has 0 amide bonds. The predicted octanol–water partition coefficient (Wildman–Crippen LogP) is 1.87. The molecule has 2 fully saturated rings. The topological polar surface area (TPSA) is 43.2 Å². The van der Waals surface area contributed by atoms with E-state index in [1.54, 1.807) is 6.20 Å². The van der Waals surface area contributed by atoms with E-state index in [4.69, 9.17) is 5.26 Å². The normalized spacial score (nSPS) is 27.7. The quantitative estimate of drug-likeness (QED) is 0.769. The van der Waals surface area contributed by atoms with E-state index in [-0.39, 0.29) is 0 Å². The van der Waals surface area contributed by atoms with E-state index in [1.165, 1.54) is 25.8 Å². The summed E-state index contributed by atoms with van der Waals surface area (Å²) in [4.78, 5) is 9.00. The predicted molar refractivity (Wildman–Crippen MR) is 74.9 cm³/mol. The van der Waals surface area contributed by atoms with Gasteiger partial charge in [-0.05, 0) is 50.9 Å². The zero-order valence-corrected chi connectivity index (χ0v) is 11.4. The number of nitriles is 1. The molecule has 0 radical (unpaired) electrons. The van der Waals surface area contributed by atoms with Gasteiger partial charge in [0, 0.05) is 31.0 Å². The van der Waals surface area contributed by atoms with Crippen LogP contribution >= 0.6 is 0 Å². The van der Waals surface area contributed by atoms with Crippen molar-refractivity contribution in [2.75, 3.05) is 31.6 Å². The van der Waals surface area contributed by atoms with Gasteiger partial charge in [-0.3, -0.25) is 0 Å². The van der Waals surface area contributed by atoms with Crippen LogP contribution in [0, 0.1) is 17.2 Å². The maximum Gasteiger partial charge on any atom is 0.142 e. The van der Waals surface area contributed by atoms with Crippen molar-refractivity contribution in [2.24, 2.45) is 5.92 Å². The number of likely N-dealkylation sites (tertiary alicyclic amines) is 1. The molecule has 1 aromatic heterocycles. The number of rotatable bonds is 1.